The molecule has 164 valence electrons. The first-order valence-corrected chi connectivity index (χ1v) is 12.1. The fraction of sp³-hybridized carbons (Fsp3) is 0.440. The summed E-state index contributed by atoms with van der Waals surface area (Å²) in [5.41, 5.74) is 3.20. The summed E-state index contributed by atoms with van der Waals surface area (Å²) in [6.07, 6.45) is 3.34. The van der Waals surface area contributed by atoms with Gasteiger partial charge in [-0.05, 0) is 62.6 Å². The summed E-state index contributed by atoms with van der Waals surface area (Å²) in [6, 6.07) is 14.6. The Morgan fingerprint density at radius 2 is 1.90 bits per heavy atom. The normalized spacial score (nSPS) is 15.9. The van der Waals surface area contributed by atoms with Crippen LogP contribution in [0.15, 0.2) is 47.8 Å². The summed E-state index contributed by atoms with van der Waals surface area (Å²) in [4.78, 5) is 27.8. The number of benzene rings is 1. The van der Waals surface area contributed by atoms with Gasteiger partial charge in [0.05, 0.1) is 10.2 Å². The SMILES string of the molecule is CCn1c(C(=O)N2CCC(C(=O)N[C@H](C)CCc3ccccc3)CC2)cc2sccc21. The van der Waals surface area contributed by atoms with Crippen LogP contribution >= 0.6 is 11.3 Å². The number of hydrogen-bond donors (Lipinski definition) is 1. The van der Waals surface area contributed by atoms with E-state index in [1.54, 1.807) is 11.3 Å². The molecule has 0 spiro atoms. The molecule has 3 heterocycles. The molecule has 1 N–H and O–H groups in total. The van der Waals surface area contributed by atoms with Gasteiger partial charge in [-0.15, -0.1) is 11.3 Å². The van der Waals surface area contributed by atoms with Gasteiger partial charge in [0.15, 0.2) is 0 Å². The number of nitrogens with one attached hydrogen (secondary N) is 1. The van der Waals surface area contributed by atoms with Crippen molar-refractivity contribution < 1.29 is 9.59 Å². The maximum atomic E-state index is 13.1. The third-order valence-corrected chi connectivity index (χ3v) is 7.16. The van der Waals surface area contributed by atoms with E-state index in [9.17, 15) is 9.59 Å². The van der Waals surface area contributed by atoms with Crippen LogP contribution in [0.25, 0.3) is 10.2 Å². The second kappa shape index (κ2) is 9.69. The predicted octanol–water partition coefficient (Wildman–Crippen LogP) is 4.71. The van der Waals surface area contributed by atoms with Crippen molar-refractivity contribution in [2.45, 2.75) is 52.1 Å². The van der Waals surface area contributed by atoms with E-state index in [2.05, 4.69) is 47.3 Å². The topological polar surface area (TPSA) is 54.3 Å². The molecule has 0 saturated carbocycles. The van der Waals surface area contributed by atoms with Gasteiger partial charge in [0.1, 0.15) is 5.69 Å². The van der Waals surface area contributed by atoms with E-state index in [1.165, 1.54) is 5.56 Å². The van der Waals surface area contributed by atoms with Crippen LogP contribution in [0.3, 0.4) is 0 Å². The van der Waals surface area contributed by atoms with E-state index in [0.29, 0.717) is 13.1 Å². The Labute approximate surface area is 188 Å². The van der Waals surface area contributed by atoms with E-state index >= 15 is 0 Å². The smallest absolute Gasteiger partial charge is 0.270 e. The maximum Gasteiger partial charge on any atom is 0.270 e. The number of aromatic nitrogens is 1. The second-order valence-corrected chi connectivity index (χ2v) is 9.39. The van der Waals surface area contributed by atoms with Gasteiger partial charge in [0.25, 0.3) is 5.91 Å². The van der Waals surface area contributed by atoms with Crippen molar-refractivity contribution in [3.05, 3.63) is 59.1 Å². The number of carbonyl (C=O) groups is 2. The number of rotatable bonds is 7. The van der Waals surface area contributed by atoms with Crippen molar-refractivity contribution >= 4 is 33.4 Å². The molecular formula is C25H31N3O2S. The van der Waals surface area contributed by atoms with E-state index in [1.807, 2.05) is 29.2 Å². The van der Waals surface area contributed by atoms with E-state index < -0.39 is 0 Å². The van der Waals surface area contributed by atoms with Crippen LogP contribution in [0.2, 0.25) is 0 Å². The Kier molecular flexibility index (Phi) is 6.76. The van der Waals surface area contributed by atoms with Crippen LogP contribution in [0.4, 0.5) is 0 Å². The molecule has 1 aliphatic rings. The van der Waals surface area contributed by atoms with Crippen molar-refractivity contribution in [1.29, 1.82) is 0 Å². The van der Waals surface area contributed by atoms with Gasteiger partial charge in [-0.1, -0.05) is 30.3 Å². The maximum absolute atomic E-state index is 13.1. The van der Waals surface area contributed by atoms with Crippen molar-refractivity contribution in [2.24, 2.45) is 5.92 Å². The third kappa shape index (κ3) is 4.85. The molecule has 4 rings (SSSR count). The highest BCUT2D eigenvalue weighted by Gasteiger charge is 2.29. The number of fused-ring (bicyclic) bond motifs is 1. The molecule has 1 fully saturated rings. The first-order valence-electron chi connectivity index (χ1n) is 11.3. The number of piperidine rings is 1. The summed E-state index contributed by atoms with van der Waals surface area (Å²) < 4.78 is 3.26. The first kappa shape index (κ1) is 21.6. The third-order valence-electron chi connectivity index (χ3n) is 6.31. The molecule has 0 bridgehead atoms. The molecule has 5 nitrogen and oxygen atoms in total. The van der Waals surface area contributed by atoms with Gasteiger partial charge in [0.2, 0.25) is 5.91 Å². The molecule has 1 saturated heterocycles. The lowest BCUT2D eigenvalue weighted by Gasteiger charge is -2.32. The van der Waals surface area contributed by atoms with Crippen molar-refractivity contribution in [1.82, 2.24) is 14.8 Å². The molecule has 0 unspecified atom stereocenters. The summed E-state index contributed by atoms with van der Waals surface area (Å²) in [7, 11) is 0. The zero-order valence-corrected chi connectivity index (χ0v) is 19.2. The second-order valence-electron chi connectivity index (χ2n) is 8.44. The quantitative estimate of drug-likeness (QED) is 0.582. The Hall–Kier alpha value is -2.60. The van der Waals surface area contributed by atoms with Crippen LogP contribution in [0, 0.1) is 5.92 Å². The van der Waals surface area contributed by atoms with E-state index in [4.69, 9.17) is 0 Å². The molecule has 31 heavy (non-hydrogen) atoms. The lowest BCUT2D eigenvalue weighted by atomic mass is 9.95. The van der Waals surface area contributed by atoms with Gasteiger partial charge in [0, 0.05) is 31.6 Å². The molecule has 6 heteroatoms. The number of hydrogen-bond acceptors (Lipinski definition) is 3. The number of nitrogens with zero attached hydrogens (tertiary/aromatic N) is 2. The molecular weight excluding hydrogens is 406 g/mol. The molecule has 0 radical (unpaired) electrons. The van der Waals surface area contributed by atoms with Crippen molar-refractivity contribution in [2.75, 3.05) is 13.1 Å². The molecule has 3 aromatic rings. The lowest BCUT2D eigenvalue weighted by Crippen LogP contribution is -2.45. The van der Waals surface area contributed by atoms with Gasteiger partial charge in [-0.25, -0.2) is 0 Å². The minimum absolute atomic E-state index is 0.00956. The Bertz CT molecular complexity index is 1030. The van der Waals surface area contributed by atoms with Gasteiger partial charge >= 0.3 is 0 Å². The Morgan fingerprint density at radius 1 is 1.16 bits per heavy atom. The van der Waals surface area contributed by atoms with E-state index in [0.717, 1.165) is 48.1 Å². The fourth-order valence-corrected chi connectivity index (χ4v) is 5.28. The number of amides is 2. The van der Waals surface area contributed by atoms with Crippen LogP contribution in [0.1, 0.15) is 49.2 Å². The molecule has 1 atom stereocenters. The van der Waals surface area contributed by atoms with Crippen LogP contribution in [-0.2, 0) is 17.8 Å². The van der Waals surface area contributed by atoms with Crippen LogP contribution in [0.5, 0.6) is 0 Å². The van der Waals surface area contributed by atoms with Crippen molar-refractivity contribution in [3.63, 3.8) is 0 Å². The average Bonchev–Trinajstić information content (AvgIpc) is 3.39. The molecule has 2 aromatic heterocycles. The molecule has 1 aromatic carbocycles. The minimum atomic E-state index is -0.00956. The Balaban J connectivity index is 1.28. The number of carbonyl (C=O) groups excluding carboxylic acids is 2. The summed E-state index contributed by atoms with van der Waals surface area (Å²) in [6.45, 7) is 6.20. The average molecular weight is 438 g/mol. The largest absolute Gasteiger partial charge is 0.353 e. The Morgan fingerprint density at radius 3 is 2.61 bits per heavy atom. The zero-order chi connectivity index (χ0) is 21.8. The standard InChI is InChI=1S/C25H31N3O2S/c1-3-28-21-13-16-31-23(21)17-22(28)25(30)27-14-11-20(12-15-27)24(29)26-18(2)9-10-19-7-5-4-6-8-19/h4-8,13,16-18,20H,3,9-12,14-15H2,1-2H3,(H,26,29)/t18-/m1/s1. The summed E-state index contributed by atoms with van der Waals surface area (Å²) in [5.74, 6) is 0.204. The number of aryl methyl sites for hydroxylation is 2. The number of likely N-dealkylation sites (tertiary alicyclic amines) is 1. The zero-order valence-electron chi connectivity index (χ0n) is 18.3. The lowest BCUT2D eigenvalue weighted by molar-refractivity contribution is -0.126. The van der Waals surface area contributed by atoms with Gasteiger partial charge in [-0.2, -0.15) is 0 Å². The van der Waals surface area contributed by atoms with Gasteiger partial charge in [-0.3, -0.25) is 9.59 Å². The van der Waals surface area contributed by atoms with Crippen molar-refractivity contribution in [3.8, 4) is 0 Å². The highest BCUT2D eigenvalue weighted by atomic mass is 32.1. The summed E-state index contributed by atoms with van der Waals surface area (Å²) in [5, 5.41) is 5.25. The summed E-state index contributed by atoms with van der Waals surface area (Å²) >= 11 is 1.67. The molecule has 1 aliphatic heterocycles. The first-order chi connectivity index (χ1) is 15.1. The minimum Gasteiger partial charge on any atom is -0.353 e. The molecule has 2 amide bonds. The molecule has 0 aliphatic carbocycles. The van der Waals surface area contributed by atoms with Crippen LogP contribution in [-0.4, -0.2) is 40.4 Å². The monoisotopic (exact) mass is 437 g/mol. The number of thiophene rings is 1. The van der Waals surface area contributed by atoms with E-state index in [-0.39, 0.29) is 23.8 Å². The highest BCUT2D eigenvalue weighted by Crippen LogP contribution is 2.27. The van der Waals surface area contributed by atoms with Crippen LogP contribution < -0.4 is 5.32 Å². The fourth-order valence-electron chi connectivity index (χ4n) is 4.46. The predicted molar refractivity (Wildman–Crippen MR) is 126 cm³/mol. The highest BCUT2D eigenvalue weighted by molar-refractivity contribution is 7.17. The van der Waals surface area contributed by atoms with Gasteiger partial charge < -0.3 is 14.8 Å².